The van der Waals surface area contributed by atoms with Crippen LogP contribution >= 0.6 is 0 Å². The first-order valence-electron chi connectivity index (χ1n) is 10.5. The van der Waals surface area contributed by atoms with Gasteiger partial charge in [0.25, 0.3) is 0 Å². The Kier molecular flexibility index (Phi) is 12.2. The van der Waals surface area contributed by atoms with Crippen LogP contribution in [-0.4, -0.2) is 71.2 Å². The Labute approximate surface area is 193 Å². The minimum atomic E-state index is -1.22. The van der Waals surface area contributed by atoms with Gasteiger partial charge in [0.15, 0.2) is 0 Å². The second kappa shape index (κ2) is 15.5. The van der Waals surface area contributed by atoms with E-state index in [0.29, 0.717) is 57.6 Å². The highest BCUT2D eigenvalue weighted by Gasteiger charge is 2.10. The standard InChI is InChI=1S/C24H30N2O7/c1-29-9-10-30-11-12-31-13-14-32-15-16-33-23-18-22(26-24(27)28)21(25)17-20(23)8-7-19-5-3-2-4-6-19/h2-6,17-18,26H,9-16,25H2,1H3,(H,27,28). The first-order valence-corrected chi connectivity index (χ1v) is 10.5. The van der Waals surface area contributed by atoms with Gasteiger partial charge in [-0.05, 0) is 18.2 Å². The Hall–Kier alpha value is -3.29. The quantitative estimate of drug-likeness (QED) is 0.224. The van der Waals surface area contributed by atoms with Crippen molar-refractivity contribution in [2.24, 2.45) is 0 Å². The Morgan fingerprint density at radius 2 is 1.52 bits per heavy atom. The van der Waals surface area contributed by atoms with Crippen LogP contribution in [0.5, 0.6) is 5.75 Å². The van der Waals surface area contributed by atoms with E-state index in [2.05, 4.69) is 17.2 Å². The average molecular weight is 459 g/mol. The summed E-state index contributed by atoms with van der Waals surface area (Å²) < 4.78 is 26.9. The van der Waals surface area contributed by atoms with Crippen LogP contribution in [0.2, 0.25) is 0 Å². The summed E-state index contributed by atoms with van der Waals surface area (Å²) >= 11 is 0. The van der Waals surface area contributed by atoms with Crippen molar-refractivity contribution in [3.8, 4) is 17.6 Å². The molecule has 0 radical (unpaired) electrons. The van der Waals surface area contributed by atoms with Gasteiger partial charge in [0.2, 0.25) is 0 Å². The SMILES string of the molecule is COCCOCCOCCOCCOc1cc(NC(=O)O)c(N)cc1C#Cc1ccccc1. The summed E-state index contributed by atoms with van der Waals surface area (Å²) in [6, 6.07) is 12.6. The number of rotatable bonds is 14. The van der Waals surface area contributed by atoms with E-state index in [1.54, 1.807) is 13.2 Å². The first kappa shape index (κ1) is 26.0. The summed E-state index contributed by atoms with van der Waals surface area (Å²) in [6.45, 7) is 3.51. The molecular formula is C24H30N2O7. The first-order chi connectivity index (χ1) is 16.1. The zero-order valence-electron chi connectivity index (χ0n) is 18.7. The molecule has 0 aliphatic carbocycles. The molecule has 0 atom stereocenters. The third-order valence-electron chi connectivity index (χ3n) is 4.17. The number of anilines is 2. The van der Waals surface area contributed by atoms with Gasteiger partial charge in [-0.3, -0.25) is 5.32 Å². The topological polar surface area (TPSA) is 122 Å². The lowest BCUT2D eigenvalue weighted by Gasteiger charge is -2.13. The molecule has 0 saturated carbocycles. The van der Waals surface area contributed by atoms with Crippen molar-refractivity contribution in [3.63, 3.8) is 0 Å². The van der Waals surface area contributed by atoms with Crippen molar-refractivity contribution in [1.82, 2.24) is 0 Å². The molecule has 0 aromatic heterocycles. The Morgan fingerprint density at radius 1 is 0.909 bits per heavy atom. The van der Waals surface area contributed by atoms with E-state index in [0.717, 1.165) is 5.56 Å². The highest BCUT2D eigenvalue weighted by molar-refractivity contribution is 5.88. The fourth-order valence-electron chi connectivity index (χ4n) is 2.59. The highest BCUT2D eigenvalue weighted by Crippen LogP contribution is 2.29. The van der Waals surface area contributed by atoms with Crippen molar-refractivity contribution in [2.45, 2.75) is 0 Å². The second-order valence-electron chi connectivity index (χ2n) is 6.66. The number of nitrogens with two attached hydrogens (primary N) is 1. The van der Waals surface area contributed by atoms with Crippen molar-refractivity contribution in [3.05, 3.63) is 53.6 Å². The van der Waals surface area contributed by atoms with Crippen LogP contribution in [0.4, 0.5) is 16.2 Å². The van der Waals surface area contributed by atoms with Crippen molar-refractivity contribution < 1.29 is 33.6 Å². The van der Waals surface area contributed by atoms with Crippen LogP contribution in [0, 0.1) is 11.8 Å². The third kappa shape index (κ3) is 10.7. The largest absolute Gasteiger partial charge is 0.490 e. The number of carboxylic acid groups (broad SMARTS) is 1. The summed E-state index contributed by atoms with van der Waals surface area (Å²) in [4.78, 5) is 11.0. The normalized spacial score (nSPS) is 10.3. The van der Waals surface area contributed by atoms with Crippen molar-refractivity contribution in [2.75, 3.05) is 71.0 Å². The second-order valence-corrected chi connectivity index (χ2v) is 6.66. The molecule has 0 unspecified atom stereocenters. The number of amides is 1. The number of nitrogen functional groups attached to an aromatic ring is 1. The van der Waals surface area contributed by atoms with Crippen molar-refractivity contribution >= 4 is 17.5 Å². The summed E-state index contributed by atoms with van der Waals surface area (Å²) in [5.74, 6) is 6.49. The molecule has 0 fully saturated rings. The van der Waals surface area contributed by atoms with Crippen LogP contribution in [-0.2, 0) is 18.9 Å². The van der Waals surface area contributed by atoms with Gasteiger partial charge in [-0.15, -0.1) is 0 Å². The number of ether oxygens (including phenoxy) is 5. The molecule has 33 heavy (non-hydrogen) atoms. The molecule has 2 aromatic rings. The molecule has 0 saturated heterocycles. The van der Waals surface area contributed by atoms with E-state index in [9.17, 15) is 4.79 Å². The van der Waals surface area contributed by atoms with E-state index in [-0.39, 0.29) is 18.0 Å². The van der Waals surface area contributed by atoms with Crippen LogP contribution in [0.15, 0.2) is 42.5 Å². The van der Waals surface area contributed by atoms with Gasteiger partial charge in [-0.25, -0.2) is 4.79 Å². The number of hydrogen-bond acceptors (Lipinski definition) is 7. The third-order valence-corrected chi connectivity index (χ3v) is 4.17. The monoisotopic (exact) mass is 458 g/mol. The summed E-state index contributed by atoms with van der Waals surface area (Å²) in [5, 5.41) is 11.3. The zero-order chi connectivity index (χ0) is 23.7. The van der Waals surface area contributed by atoms with Gasteiger partial charge >= 0.3 is 6.09 Å². The molecule has 9 heteroatoms. The zero-order valence-corrected chi connectivity index (χ0v) is 18.7. The van der Waals surface area contributed by atoms with E-state index in [4.69, 9.17) is 34.5 Å². The van der Waals surface area contributed by atoms with Crippen LogP contribution in [0.25, 0.3) is 0 Å². The lowest BCUT2D eigenvalue weighted by molar-refractivity contribution is 0.000157. The molecule has 178 valence electrons. The number of nitrogens with one attached hydrogen (secondary N) is 1. The number of benzene rings is 2. The molecule has 0 heterocycles. The Morgan fingerprint density at radius 3 is 2.12 bits per heavy atom. The van der Waals surface area contributed by atoms with Gasteiger partial charge in [0, 0.05) is 18.7 Å². The predicted molar refractivity (Wildman–Crippen MR) is 125 cm³/mol. The predicted octanol–water partition coefficient (Wildman–Crippen LogP) is 2.83. The maximum atomic E-state index is 11.0. The maximum absolute atomic E-state index is 11.0. The molecule has 0 aliphatic heterocycles. The number of hydrogen-bond donors (Lipinski definition) is 3. The smallest absolute Gasteiger partial charge is 0.409 e. The van der Waals surface area contributed by atoms with Crippen LogP contribution in [0.1, 0.15) is 11.1 Å². The molecule has 2 rings (SSSR count). The van der Waals surface area contributed by atoms with Crippen LogP contribution < -0.4 is 15.8 Å². The molecule has 1 amide bonds. The Balaban J connectivity index is 1.84. The van der Waals surface area contributed by atoms with Gasteiger partial charge in [0.1, 0.15) is 12.4 Å². The van der Waals surface area contributed by atoms with Gasteiger partial charge < -0.3 is 34.5 Å². The maximum Gasteiger partial charge on any atom is 0.409 e. The van der Waals surface area contributed by atoms with Gasteiger partial charge in [0.05, 0.1) is 63.2 Å². The molecule has 4 N–H and O–H groups in total. The van der Waals surface area contributed by atoms with Gasteiger partial charge in [-0.2, -0.15) is 0 Å². The minimum absolute atomic E-state index is 0.227. The molecule has 9 nitrogen and oxygen atoms in total. The summed E-state index contributed by atoms with van der Waals surface area (Å²) in [6.07, 6.45) is -1.22. The van der Waals surface area contributed by atoms with E-state index in [1.807, 2.05) is 30.3 Å². The van der Waals surface area contributed by atoms with E-state index < -0.39 is 6.09 Å². The number of methoxy groups -OCH3 is 1. The molecule has 0 spiro atoms. The molecule has 0 bridgehead atoms. The van der Waals surface area contributed by atoms with Crippen molar-refractivity contribution in [1.29, 1.82) is 0 Å². The Bertz CT molecular complexity index is 910. The average Bonchev–Trinajstić information content (AvgIpc) is 2.81. The lowest BCUT2D eigenvalue weighted by atomic mass is 10.1. The highest BCUT2D eigenvalue weighted by atomic mass is 16.6. The molecular weight excluding hydrogens is 428 g/mol. The summed E-state index contributed by atoms with van der Waals surface area (Å²) in [7, 11) is 1.62. The fraction of sp³-hybridized carbons (Fsp3) is 0.375. The fourth-order valence-corrected chi connectivity index (χ4v) is 2.59. The minimum Gasteiger partial charge on any atom is -0.490 e. The van der Waals surface area contributed by atoms with Gasteiger partial charge in [-0.1, -0.05) is 30.0 Å². The summed E-state index contributed by atoms with van der Waals surface area (Å²) in [5.41, 5.74) is 7.83. The van der Waals surface area contributed by atoms with Crippen LogP contribution in [0.3, 0.4) is 0 Å². The lowest BCUT2D eigenvalue weighted by Crippen LogP contribution is -2.14. The van der Waals surface area contributed by atoms with E-state index in [1.165, 1.54) is 6.07 Å². The molecule has 0 aliphatic rings. The molecule has 2 aromatic carbocycles. The number of carbonyl (C=O) groups is 1. The van der Waals surface area contributed by atoms with E-state index >= 15 is 0 Å².